The average molecular weight is 225 g/mol. The van der Waals surface area contributed by atoms with E-state index >= 15 is 0 Å². The molecule has 2 unspecified atom stereocenters. The summed E-state index contributed by atoms with van der Waals surface area (Å²) in [6, 6.07) is 0.463. The Kier molecular flexibility index (Phi) is 6.07. The van der Waals surface area contributed by atoms with Crippen LogP contribution in [0.2, 0.25) is 0 Å². The van der Waals surface area contributed by atoms with Gasteiger partial charge in [-0.25, -0.2) is 0 Å². The fourth-order valence-corrected chi connectivity index (χ4v) is 2.20. The van der Waals surface area contributed by atoms with Crippen molar-refractivity contribution in [3.8, 4) is 0 Å². The molecule has 0 saturated heterocycles. The van der Waals surface area contributed by atoms with Gasteiger partial charge in [-0.3, -0.25) is 0 Å². The van der Waals surface area contributed by atoms with Gasteiger partial charge in [0, 0.05) is 13.2 Å². The normalized spacial score (nSPS) is 19.4. The number of nitrogens with one attached hydrogen (secondary N) is 1. The van der Waals surface area contributed by atoms with Gasteiger partial charge in [0.2, 0.25) is 0 Å². The van der Waals surface area contributed by atoms with Crippen LogP contribution in [-0.4, -0.2) is 25.8 Å². The van der Waals surface area contributed by atoms with Gasteiger partial charge in [0.25, 0.3) is 0 Å². The third-order valence-corrected chi connectivity index (χ3v) is 3.42. The third-order valence-electron chi connectivity index (χ3n) is 3.42. The van der Waals surface area contributed by atoms with Gasteiger partial charge in [0.1, 0.15) is 0 Å². The maximum Gasteiger partial charge on any atom is 0.0755 e. The summed E-state index contributed by atoms with van der Waals surface area (Å²) in [7, 11) is 1.85. The van der Waals surface area contributed by atoms with Crippen LogP contribution < -0.4 is 5.32 Å². The Hall–Kier alpha value is -0.340. The lowest BCUT2D eigenvalue weighted by Gasteiger charge is -2.27. The molecule has 94 valence electrons. The molecule has 1 aliphatic carbocycles. The van der Waals surface area contributed by atoms with Crippen molar-refractivity contribution in [2.45, 2.75) is 58.1 Å². The average Bonchev–Trinajstić information content (AvgIpc) is 3.10. The van der Waals surface area contributed by atoms with Crippen LogP contribution in [0.5, 0.6) is 0 Å². The lowest BCUT2D eigenvalue weighted by molar-refractivity contribution is 0.0509. The first-order chi connectivity index (χ1) is 7.72. The maximum atomic E-state index is 5.68. The highest BCUT2D eigenvalue weighted by Crippen LogP contribution is 2.36. The monoisotopic (exact) mass is 225 g/mol. The van der Waals surface area contributed by atoms with E-state index in [0.29, 0.717) is 12.1 Å². The number of rotatable bonds is 9. The SMILES string of the molecule is C=C(CC)CC(NCCC)C(OC)C1CC1. The summed E-state index contributed by atoms with van der Waals surface area (Å²) in [5, 5.41) is 3.62. The van der Waals surface area contributed by atoms with E-state index in [2.05, 4.69) is 25.7 Å². The first kappa shape index (κ1) is 13.7. The lowest BCUT2D eigenvalue weighted by Crippen LogP contribution is -2.42. The van der Waals surface area contributed by atoms with E-state index in [4.69, 9.17) is 4.74 Å². The van der Waals surface area contributed by atoms with Crippen LogP contribution in [0.3, 0.4) is 0 Å². The second kappa shape index (κ2) is 7.08. The van der Waals surface area contributed by atoms with E-state index in [1.165, 1.54) is 24.8 Å². The molecule has 1 aliphatic rings. The highest BCUT2D eigenvalue weighted by Gasteiger charge is 2.36. The molecule has 0 aliphatic heterocycles. The molecule has 0 radical (unpaired) electrons. The second-order valence-corrected chi connectivity index (χ2v) is 4.91. The maximum absolute atomic E-state index is 5.68. The lowest BCUT2D eigenvalue weighted by atomic mass is 9.97. The number of hydrogen-bond donors (Lipinski definition) is 1. The first-order valence-corrected chi connectivity index (χ1v) is 6.65. The highest BCUT2D eigenvalue weighted by atomic mass is 16.5. The molecule has 0 bridgehead atoms. The van der Waals surface area contributed by atoms with E-state index in [0.717, 1.165) is 25.3 Å². The van der Waals surface area contributed by atoms with Crippen LogP contribution in [0.15, 0.2) is 12.2 Å². The van der Waals surface area contributed by atoms with Gasteiger partial charge in [0.05, 0.1) is 6.10 Å². The molecule has 2 heteroatoms. The Morgan fingerprint density at radius 2 is 2.12 bits per heavy atom. The Labute approximate surface area is 100 Å². The van der Waals surface area contributed by atoms with Gasteiger partial charge in [-0.1, -0.05) is 26.0 Å². The molecule has 2 nitrogen and oxygen atoms in total. The van der Waals surface area contributed by atoms with E-state index in [1.807, 2.05) is 7.11 Å². The molecule has 1 fully saturated rings. The van der Waals surface area contributed by atoms with E-state index in [1.54, 1.807) is 0 Å². The van der Waals surface area contributed by atoms with Gasteiger partial charge < -0.3 is 10.1 Å². The predicted molar refractivity (Wildman–Crippen MR) is 69.7 cm³/mol. The van der Waals surface area contributed by atoms with Crippen LogP contribution in [0.4, 0.5) is 0 Å². The minimum absolute atomic E-state index is 0.384. The largest absolute Gasteiger partial charge is 0.380 e. The van der Waals surface area contributed by atoms with Crippen molar-refractivity contribution in [2.24, 2.45) is 5.92 Å². The van der Waals surface area contributed by atoms with Crippen molar-refractivity contribution in [3.63, 3.8) is 0 Å². The molecule has 1 saturated carbocycles. The summed E-state index contributed by atoms with van der Waals surface area (Å²) in [4.78, 5) is 0. The molecule has 0 spiro atoms. The second-order valence-electron chi connectivity index (χ2n) is 4.91. The van der Waals surface area contributed by atoms with Crippen molar-refractivity contribution >= 4 is 0 Å². The highest BCUT2D eigenvalue weighted by molar-refractivity contribution is 5.01. The summed E-state index contributed by atoms with van der Waals surface area (Å²) in [6.45, 7) is 9.58. The Balaban J connectivity index is 2.49. The van der Waals surface area contributed by atoms with E-state index in [9.17, 15) is 0 Å². The Morgan fingerprint density at radius 1 is 1.44 bits per heavy atom. The number of methoxy groups -OCH3 is 1. The Morgan fingerprint density at radius 3 is 2.56 bits per heavy atom. The zero-order valence-electron chi connectivity index (χ0n) is 11.1. The summed E-state index contributed by atoms with van der Waals surface area (Å²) in [6.07, 6.45) is 6.37. The predicted octanol–water partition coefficient (Wildman–Crippen LogP) is 3.14. The number of ether oxygens (including phenoxy) is 1. The molecule has 0 aromatic heterocycles. The molecule has 2 atom stereocenters. The van der Waals surface area contributed by atoms with Crippen LogP contribution >= 0.6 is 0 Å². The smallest absolute Gasteiger partial charge is 0.0755 e. The summed E-state index contributed by atoms with van der Waals surface area (Å²) in [5.74, 6) is 0.781. The molecule has 0 aromatic carbocycles. The number of hydrogen-bond acceptors (Lipinski definition) is 2. The van der Waals surface area contributed by atoms with Crippen molar-refractivity contribution in [1.82, 2.24) is 5.32 Å². The van der Waals surface area contributed by atoms with Crippen molar-refractivity contribution in [1.29, 1.82) is 0 Å². The zero-order valence-corrected chi connectivity index (χ0v) is 11.1. The minimum Gasteiger partial charge on any atom is -0.380 e. The molecule has 0 aromatic rings. The van der Waals surface area contributed by atoms with Gasteiger partial charge in [-0.05, 0) is 44.6 Å². The van der Waals surface area contributed by atoms with Crippen LogP contribution in [-0.2, 0) is 4.74 Å². The van der Waals surface area contributed by atoms with E-state index in [-0.39, 0.29) is 0 Å². The molecular formula is C14H27NO. The molecular weight excluding hydrogens is 198 g/mol. The minimum atomic E-state index is 0.384. The van der Waals surface area contributed by atoms with E-state index < -0.39 is 0 Å². The topological polar surface area (TPSA) is 21.3 Å². The summed E-state index contributed by atoms with van der Waals surface area (Å²) < 4.78 is 5.68. The van der Waals surface area contributed by atoms with Crippen molar-refractivity contribution in [3.05, 3.63) is 12.2 Å². The zero-order chi connectivity index (χ0) is 12.0. The summed E-state index contributed by atoms with van der Waals surface area (Å²) >= 11 is 0. The van der Waals surface area contributed by atoms with Crippen LogP contribution in [0.1, 0.15) is 46.0 Å². The first-order valence-electron chi connectivity index (χ1n) is 6.65. The Bertz CT molecular complexity index is 211. The van der Waals surface area contributed by atoms with Crippen molar-refractivity contribution < 1.29 is 4.74 Å². The van der Waals surface area contributed by atoms with Gasteiger partial charge >= 0.3 is 0 Å². The summed E-state index contributed by atoms with van der Waals surface area (Å²) in [5.41, 5.74) is 1.33. The van der Waals surface area contributed by atoms with Crippen LogP contribution in [0.25, 0.3) is 0 Å². The molecule has 16 heavy (non-hydrogen) atoms. The molecule has 0 amide bonds. The molecule has 1 rings (SSSR count). The third kappa shape index (κ3) is 4.26. The van der Waals surface area contributed by atoms with Crippen molar-refractivity contribution in [2.75, 3.05) is 13.7 Å². The van der Waals surface area contributed by atoms with Gasteiger partial charge in [-0.15, -0.1) is 0 Å². The fourth-order valence-electron chi connectivity index (χ4n) is 2.20. The standard InChI is InChI=1S/C14H27NO/c1-5-9-15-13(10-11(3)6-2)14(16-4)12-7-8-12/h12-15H,3,5-10H2,1-2,4H3. The molecule has 0 heterocycles. The molecule has 1 N–H and O–H groups in total. The quantitative estimate of drug-likeness (QED) is 0.609. The van der Waals surface area contributed by atoms with Crippen LogP contribution in [0, 0.1) is 5.92 Å². The van der Waals surface area contributed by atoms with Gasteiger partial charge in [0.15, 0.2) is 0 Å². The van der Waals surface area contributed by atoms with Gasteiger partial charge in [-0.2, -0.15) is 0 Å². The fraction of sp³-hybridized carbons (Fsp3) is 0.857.